The number of hydrogen-bond donors (Lipinski definition) is 4. The van der Waals surface area contributed by atoms with E-state index in [4.69, 9.17) is 14.0 Å². The number of esters is 1. The zero-order valence-electron chi connectivity index (χ0n) is 32.1. The van der Waals surface area contributed by atoms with Crippen LogP contribution in [-0.2, 0) is 37.1 Å². The summed E-state index contributed by atoms with van der Waals surface area (Å²) < 4.78 is 59.3. The molecule has 0 radical (unpaired) electrons. The summed E-state index contributed by atoms with van der Waals surface area (Å²) in [5, 5.41) is 11.5. The number of fused-ring (bicyclic) bond motifs is 1. The van der Waals surface area contributed by atoms with Crippen LogP contribution >= 0.6 is 0 Å². The van der Waals surface area contributed by atoms with Crippen LogP contribution in [0, 0.1) is 17.3 Å². The number of urea groups is 1. The van der Waals surface area contributed by atoms with E-state index in [1.165, 1.54) is 42.1 Å². The van der Waals surface area contributed by atoms with Crippen molar-refractivity contribution in [3.63, 3.8) is 0 Å². The smallest absolute Gasteiger partial charge is 0.465 e. The van der Waals surface area contributed by atoms with Gasteiger partial charge in [-0.05, 0) is 86.3 Å². The molecule has 3 aromatic rings. The van der Waals surface area contributed by atoms with Gasteiger partial charge in [-0.15, -0.1) is 0 Å². The normalized spacial score (nSPS) is 27.6. The zero-order chi connectivity index (χ0) is 40.4. The molecule has 4 N–H and O–H groups in total. The van der Waals surface area contributed by atoms with Crippen molar-refractivity contribution in [1.29, 1.82) is 0 Å². The van der Waals surface area contributed by atoms with E-state index in [2.05, 4.69) is 47.0 Å². The third-order valence-electron chi connectivity index (χ3n) is 12.4. The van der Waals surface area contributed by atoms with Gasteiger partial charge in [-0.25, -0.2) is 14.6 Å². The molecule has 1 saturated heterocycles. The Morgan fingerprint density at radius 1 is 1.09 bits per heavy atom. The Balaban J connectivity index is 1.15. The summed E-state index contributed by atoms with van der Waals surface area (Å²) in [7, 11) is 0.522. The molecule has 3 heterocycles. The van der Waals surface area contributed by atoms with E-state index in [9.17, 15) is 32.3 Å². The van der Waals surface area contributed by atoms with Crippen LogP contribution in [0.5, 0.6) is 0 Å². The van der Waals surface area contributed by atoms with Crippen molar-refractivity contribution in [1.82, 2.24) is 20.2 Å². The van der Waals surface area contributed by atoms with Crippen molar-refractivity contribution in [2.45, 2.75) is 102 Å². The molecule has 0 spiro atoms. The van der Waals surface area contributed by atoms with E-state index in [1.807, 2.05) is 6.92 Å². The van der Waals surface area contributed by atoms with Crippen LogP contribution in [0.15, 0.2) is 59.5 Å². The maximum Gasteiger partial charge on any atom is 0.481 e. The molecular weight excluding hydrogens is 732 g/mol. The average Bonchev–Trinajstić information content (AvgIpc) is 3.66. The predicted octanol–water partition coefficient (Wildman–Crippen LogP) is 5.80. The monoisotopic (exact) mass is 778 g/mol. The first-order valence-corrected chi connectivity index (χ1v) is 18.8. The largest absolute Gasteiger partial charge is 0.481 e. The molecule has 2 aliphatic heterocycles. The summed E-state index contributed by atoms with van der Waals surface area (Å²) in [5.74, 6) is -0.741. The summed E-state index contributed by atoms with van der Waals surface area (Å²) in [6.07, 6.45) is -1.10. The molecule has 56 heavy (non-hydrogen) atoms. The summed E-state index contributed by atoms with van der Waals surface area (Å²) in [6.45, 7) is 10.0. The summed E-state index contributed by atoms with van der Waals surface area (Å²) in [5.41, 5.74) is -2.50. The number of ether oxygens (including phenoxy) is 1. The van der Waals surface area contributed by atoms with Crippen molar-refractivity contribution < 1.29 is 41.6 Å². The molecule has 0 unspecified atom stereocenters. The number of alkyl halides is 3. The molecule has 4 fully saturated rings. The highest BCUT2D eigenvalue weighted by atomic mass is 19.4. The second-order valence-electron chi connectivity index (χ2n) is 16.3. The van der Waals surface area contributed by atoms with Crippen molar-refractivity contribution >= 4 is 36.4 Å². The molecule has 17 heteroatoms. The molecule has 2 bridgehead atoms. The number of benzene rings is 2. The molecule has 8 rings (SSSR count). The van der Waals surface area contributed by atoms with Crippen LogP contribution in [-0.4, -0.2) is 59.3 Å². The number of hydrogen-bond acceptors (Lipinski definition) is 9. The fourth-order valence-corrected chi connectivity index (χ4v) is 9.20. The molecule has 2 aromatic carbocycles. The van der Waals surface area contributed by atoms with Gasteiger partial charge in [0.15, 0.2) is 0 Å². The molecule has 1 aromatic heterocycles. The average molecular weight is 779 g/mol. The molecule has 5 aliphatic rings. The SMILES string of the molecule is CC[C@H](NC(=O)[C@@H]1C[C@@](C)(NC(=O)Nc2cccc(C(=O)OC)c2)c2ncc(NCc3cccc(C(F)(F)F)c3)c(=O)n21)B1O[C@@H]2C[C@@H]3C[C@@H](C3(C)C)[C@]2(C)O1. The lowest BCUT2D eigenvalue weighted by Crippen LogP contribution is -2.65. The molecule has 7 atom stereocenters. The number of carbonyl (C=O) groups is 3. The second kappa shape index (κ2) is 14.2. The van der Waals surface area contributed by atoms with Gasteiger partial charge in [0, 0.05) is 18.7 Å². The van der Waals surface area contributed by atoms with E-state index in [0.29, 0.717) is 23.9 Å². The third kappa shape index (κ3) is 6.92. The molecule has 3 saturated carbocycles. The van der Waals surface area contributed by atoms with Gasteiger partial charge in [0.25, 0.3) is 5.56 Å². The van der Waals surface area contributed by atoms with Gasteiger partial charge in [-0.3, -0.25) is 14.2 Å². The first kappa shape index (κ1) is 39.3. The van der Waals surface area contributed by atoms with E-state index in [0.717, 1.165) is 25.0 Å². The predicted molar refractivity (Wildman–Crippen MR) is 201 cm³/mol. The highest BCUT2D eigenvalue weighted by Gasteiger charge is 2.68. The van der Waals surface area contributed by atoms with Crippen LogP contribution in [0.1, 0.15) is 93.7 Å². The minimum absolute atomic E-state index is 0.0506. The summed E-state index contributed by atoms with van der Waals surface area (Å²) >= 11 is 0. The number of nitrogens with zero attached hydrogens (tertiary/aromatic N) is 2. The Hall–Kier alpha value is -4.90. The Morgan fingerprint density at radius 2 is 1.84 bits per heavy atom. The maximum absolute atomic E-state index is 14.4. The van der Waals surface area contributed by atoms with E-state index in [1.54, 1.807) is 19.1 Å². The number of nitrogens with one attached hydrogen (secondary N) is 4. The molecule has 3 aliphatic carbocycles. The van der Waals surface area contributed by atoms with Crippen molar-refractivity contribution in [2.24, 2.45) is 17.3 Å². The number of halogens is 3. The van der Waals surface area contributed by atoms with Gasteiger partial charge in [-0.1, -0.05) is 39.0 Å². The Kier molecular flexibility index (Phi) is 10.0. The maximum atomic E-state index is 14.4. The highest BCUT2D eigenvalue weighted by Crippen LogP contribution is 2.65. The number of carbonyl (C=O) groups excluding carboxylic acids is 3. The van der Waals surface area contributed by atoms with Gasteiger partial charge >= 0.3 is 25.3 Å². The van der Waals surface area contributed by atoms with Gasteiger partial charge in [0.05, 0.1) is 47.6 Å². The lowest BCUT2D eigenvalue weighted by Gasteiger charge is -2.64. The van der Waals surface area contributed by atoms with Crippen LogP contribution in [0.2, 0.25) is 0 Å². The number of amides is 3. The van der Waals surface area contributed by atoms with Crippen molar-refractivity contribution in [3.05, 3.63) is 87.6 Å². The zero-order valence-corrected chi connectivity index (χ0v) is 32.1. The second-order valence-corrected chi connectivity index (χ2v) is 16.3. The van der Waals surface area contributed by atoms with E-state index >= 15 is 0 Å². The molecule has 298 valence electrons. The third-order valence-corrected chi connectivity index (χ3v) is 12.4. The van der Waals surface area contributed by atoms with Crippen molar-refractivity contribution in [3.8, 4) is 0 Å². The topological polar surface area (TPSA) is 162 Å². The Morgan fingerprint density at radius 3 is 2.54 bits per heavy atom. The lowest BCUT2D eigenvalue weighted by molar-refractivity contribution is -0.199. The molecule has 3 amide bonds. The number of anilines is 2. The van der Waals surface area contributed by atoms with Crippen LogP contribution in [0.25, 0.3) is 0 Å². The van der Waals surface area contributed by atoms with Crippen LogP contribution in [0.3, 0.4) is 0 Å². The fourth-order valence-electron chi connectivity index (χ4n) is 9.20. The standard InChI is InChI=1S/C39H46BF3N6O7/c1-7-30(40-55-29-17-24-16-28(36(24,2)3)38(29,5)56-40)47-31(50)27-18-37(4,48-35(53)46-25-13-9-11-22(15-25)33(52)54-6)34-45-20-26(32(51)49(27)34)44-19-21-10-8-12-23(14-21)39(41,42)43/h8-15,20,24,27-30,44H,7,16-19H2,1-6H3,(H,47,50)(H2,46,48,53)/t24-,27-,28-,29+,30-,37+,38-/m0/s1. The van der Waals surface area contributed by atoms with Gasteiger partial charge < -0.3 is 35.3 Å². The number of aromatic nitrogens is 2. The Bertz CT molecular complexity index is 2120. The summed E-state index contributed by atoms with van der Waals surface area (Å²) in [4.78, 5) is 58.7. The lowest BCUT2D eigenvalue weighted by atomic mass is 9.43. The summed E-state index contributed by atoms with van der Waals surface area (Å²) in [6, 6.07) is 9.00. The van der Waals surface area contributed by atoms with E-state index < -0.39 is 65.4 Å². The first-order valence-electron chi connectivity index (χ1n) is 18.8. The minimum Gasteiger partial charge on any atom is -0.465 e. The number of methoxy groups -OCH3 is 1. The molecule has 13 nitrogen and oxygen atoms in total. The van der Waals surface area contributed by atoms with Crippen molar-refractivity contribution in [2.75, 3.05) is 17.7 Å². The van der Waals surface area contributed by atoms with Gasteiger partial charge in [-0.2, -0.15) is 13.2 Å². The van der Waals surface area contributed by atoms with Gasteiger partial charge in [0.2, 0.25) is 5.91 Å². The quantitative estimate of drug-likeness (QED) is 0.147. The minimum atomic E-state index is -4.54. The molecular formula is C39H46BF3N6O7. The fraction of sp³-hybridized carbons (Fsp3) is 0.513. The number of rotatable bonds is 10. The first-order chi connectivity index (χ1) is 26.4. The van der Waals surface area contributed by atoms with Crippen LogP contribution in [0.4, 0.5) is 29.3 Å². The van der Waals surface area contributed by atoms with Gasteiger partial charge in [0.1, 0.15) is 17.6 Å². The Labute approximate surface area is 322 Å². The van der Waals surface area contributed by atoms with Crippen LogP contribution < -0.4 is 26.8 Å². The highest BCUT2D eigenvalue weighted by molar-refractivity contribution is 6.47. The van der Waals surface area contributed by atoms with E-state index in [-0.39, 0.29) is 47.1 Å².